The minimum Gasteiger partial charge on any atom is -0.496 e. The first-order chi connectivity index (χ1) is 17.9. The molecule has 1 aromatic carbocycles. The minimum absolute atomic E-state index is 0.242. The molecular weight excluding hydrogens is 541 g/mol. The van der Waals surface area contributed by atoms with Gasteiger partial charge in [-0.05, 0) is 52.0 Å². The third kappa shape index (κ3) is 9.13. The summed E-state index contributed by atoms with van der Waals surface area (Å²) in [6.45, 7) is 17.3. The predicted octanol–water partition coefficient (Wildman–Crippen LogP) is 6.73. The highest BCUT2D eigenvalue weighted by Crippen LogP contribution is 2.48. The molecule has 0 unspecified atom stereocenters. The van der Waals surface area contributed by atoms with Gasteiger partial charge in [-0.25, -0.2) is 9.10 Å². The molecule has 0 saturated heterocycles. The highest BCUT2D eigenvalue weighted by molar-refractivity contribution is 7.96. The van der Waals surface area contributed by atoms with E-state index in [1.54, 1.807) is 19.1 Å². The van der Waals surface area contributed by atoms with Crippen molar-refractivity contribution in [2.24, 2.45) is 0 Å². The van der Waals surface area contributed by atoms with Crippen molar-refractivity contribution in [2.45, 2.75) is 66.4 Å². The van der Waals surface area contributed by atoms with Gasteiger partial charge in [0.15, 0.2) is 0 Å². The second-order valence-electron chi connectivity index (χ2n) is 10.5. The average molecular weight is 588 g/mol. The van der Waals surface area contributed by atoms with Gasteiger partial charge < -0.3 is 23.3 Å². The first kappa shape index (κ1) is 32.9. The Morgan fingerprint density at radius 2 is 1.84 bits per heavy atom. The standard InChI is InChI=1S/C27H46NO7PSSi/c1-10-34-36(30,35-11-2)16-14-28(37-6)18-20(3)12-13-22-25(31-5)21(4)23-19-33-27(29)24(23)26(22)32-15-17-38(7,8)9/h12H,10-11,13-19H2,1-9H3/b20-12+. The van der Waals surface area contributed by atoms with E-state index in [4.69, 9.17) is 23.3 Å². The Bertz CT molecular complexity index is 1030. The molecule has 0 aromatic heterocycles. The molecule has 11 heteroatoms. The molecule has 1 aromatic rings. The summed E-state index contributed by atoms with van der Waals surface area (Å²) in [5, 5.41) is 0. The molecule has 0 aliphatic carbocycles. The summed E-state index contributed by atoms with van der Waals surface area (Å²) < 4.78 is 43.5. The van der Waals surface area contributed by atoms with E-state index in [2.05, 4.69) is 36.9 Å². The van der Waals surface area contributed by atoms with E-state index < -0.39 is 15.7 Å². The van der Waals surface area contributed by atoms with E-state index in [0.717, 1.165) is 34.1 Å². The summed E-state index contributed by atoms with van der Waals surface area (Å²) in [5.41, 5.74) is 4.30. The molecule has 0 amide bonds. The molecule has 2 rings (SSSR count). The van der Waals surface area contributed by atoms with Crippen LogP contribution in [0.25, 0.3) is 0 Å². The van der Waals surface area contributed by atoms with E-state index in [9.17, 15) is 9.36 Å². The summed E-state index contributed by atoms with van der Waals surface area (Å²) in [6, 6.07) is 0.983. The van der Waals surface area contributed by atoms with Crippen molar-refractivity contribution in [3.63, 3.8) is 0 Å². The maximum atomic E-state index is 12.9. The maximum Gasteiger partial charge on any atom is 0.342 e. The topological polar surface area (TPSA) is 83.5 Å². The fourth-order valence-corrected chi connectivity index (χ4v) is 7.34. The van der Waals surface area contributed by atoms with Crippen LogP contribution in [-0.4, -0.2) is 70.8 Å². The average Bonchev–Trinajstić information content (AvgIpc) is 3.23. The number of rotatable bonds is 17. The number of esters is 1. The molecule has 1 aliphatic heterocycles. The zero-order valence-corrected chi connectivity index (χ0v) is 27.3. The van der Waals surface area contributed by atoms with Crippen LogP contribution in [0.4, 0.5) is 0 Å². The van der Waals surface area contributed by atoms with E-state index >= 15 is 0 Å². The number of allylic oxidation sites excluding steroid dienone is 1. The molecule has 216 valence electrons. The number of methoxy groups -OCH3 is 1. The smallest absolute Gasteiger partial charge is 0.342 e. The second-order valence-corrected chi connectivity index (χ2v) is 19.2. The van der Waals surface area contributed by atoms with Crippen LogP contribution in [0.1, 0.15) is 47.8 Å². The Hall–Kier alpha value is -1.29. The quantitative estimate of drug-likeness (QED) is 0.0648. The lowest BCUT2D eigenvalue weighted by Crippen LogP contribution is -2.23. The van der Waals surface area contributed by atoms with Gasteiger partial charge in [-0.2, -0.15) is 0 Å². The Kier molecular flexibility index (Phi) is 12.9. The number of hydrogen-bond donors (Lipinski definition) is 0. The van der Waals surface area contributed by atoms with Crippen LogP contribution >= 0.6 is 19.5 Å². The molecule has 0 bridgehead atoms. The van der Waals surface area contributed by atoms with Gasteiger partial charge >= 0.3 is 13.6 Å². The summed E-state index contributed by atoms with van der Waals surface area (Å²) >= 11 is 1.59. The highest BCUT2D eigenvalue weighted by atomic mass is 32.2. The summed E-state index contributed by atoms with van der Waals surface area (Å²) in [6.07, 6.45) is 5.03. The van der Waals surface area contributed by atoms with Crippen molar-refractivity contribution in [2.75, 3.05) is 52.4 Å². The molecule has 0 N–H and O–H groups in total. The van der Waals surface area contributed by atoms with Gasteiger partial charge in [0.2, 0.25) is 0 Å². The van der Waals surface area contributed by atoms with Crippen molar-refractivity contribution < 1.29 is 32.6 Å². The summed E-state index contributed by atoms with van der Waals surface area (Å²) in [5.74, 6) is 0.992. The normalized spacial score (nSPS) is 14.2. The number of carbonyl (C=O) groups excluding carboxylic acids is 1. The first-order valence-electron chi connectivity index (χ1n) is 13.2. The number of nitrogens with zero attached hydrogens (tertiary/aromatic N) is 1. The predicted molar refractivity (Wildman–Crippen MR) is 159 cm³/mol. The zero-order chi connectivity index (χ0) is 28.5. The molecule has 0 saturated carbocycles. The van der Waals surface area contributed by atoms with Gasteiger partial charge in [0.05, 0.1) is 33.1 Å². The van der Waals surface area contributed by atoms with Gasteiger partial charge in [0.1, 0.15) is 23.7 Å². The molecule has 38 heavy (non-hydrogen) atoms. The number of fused-ring (bicyclic) bond motifs is 1. The molecule has 1 aliphatic rings. The lowest BCUT2D eigenvalue weighted by molar-refractivity contribution is 0.0532. The number of ether oxygens (including phenoxy) is 3. The molecule has 1 heterocycles. The van der Waals surface area contributed by atoms with Crippen molar-refractivity contribution >= 4 is 33.6 Å². The van der Waals surface area contributed by atoms with Gasteiger partial charge in [0.25, 0.3) is 0 Å². The van der Waals surface area contributed by atoms with Crippen LogP contribution in [-0.2, 0) is 31.4 Å². The van der Waals surface area contributed by atoms with Crippen LogP contribution in [0.5, 0.6) is 11.5 Å². The van der Waals surface area contributed by atoms with Crippen molar-refractivity contribution in [1.82, 2.24) is 4.31 Å². The second kappa shape index (κ2) is 14.9. The third-order valence-corrected chi connectivity index (χ3v) is 10.9. The monoisotopic (exact) mass is 587 g/mol. The SMILES string of the molecule is CCOP(=O)(CCN(C/C(C)=C/Cc1c(OC)c(C)c2c(c1OCC[Si](C)(C)C)C(=O)OC2)SC)OCC. The Morgan fingerprint density at radius 1 is 1.18 bits per heavy atom. The van der Waals surface area contributed by atoms with Gasteiger partial charge in [-0.3, -0.25) is 4.57 Å². The van der Waals surface area contributed by atoms with Gasteiger partial charge in [-0.15, -0.1) is 0 Å². The molecule has 8 nitrogen and oxygen atoms in total. The highest BCUT2D eigenvalue weighted by Gasteiger charge is 2.33. The van der Waals surface area contributed by atoms with Crippen LogP contribution in [0.15, 0.2) is 11.6 Å². The van der Waals surface area contributed by atoms with E-state index in [1.165, 1.54) is 0 Å². The van der Waals surface area contributed by atoms with Crippen LogP contribution < -0.4 is 9.47 Å². The van der Waals surface area contributed by atoms with Gasteiger partial charge in [0, 0.05) is 32.3 Å². The largest absolute Gasteiger partial charge is 0.496 e. The number of hydrogen-bond acceptors (Lipinski definition) is 9. The van der Waals surface area contributed by atoms with E-state index in [-0.39, 0.29) is 12.6 Å². The summed E-state index contributed by atoms with van der Waals surface area (Å²) in [4.78, 5) is 12.7. The minimum atomic E-state index is -3.10. The molecule has 0 spiro atoms. The van der Waals surface area contributed by atoms with Crippen molar-refractivity contribution in [3.05, 3.63) is 33.9 Å². The number of cyclic esters (lactones) is 1. The fraction of sp³-hybridized carbons (Fsp3) is 0.667. The van der Waals surface area contributed by atoms with Crippen LogP contribution in [0, 0.1) is 6.92 Å². The third-order valence-electron chi connectivity index (χ3n) is 6.34. The van der Waals surface area contributed by atoms with E-state index in [0.29, 0.717) is 56.8 Å². The lowest BCUT2D eigenvalue weighted by Gasteiger charge is -2.23. The lowest BCUT2D eigenvalue weighted by atomic mass is 9.95. The molecular formula is C27H46NO7PSSi. The Balaban J connectivity index is 2.28. The molecule has 0 atom stereocenters. The Morgan fingerprint density at radius 3 is 2.39 bits per heavy atom. The van der Waals surface area contributed by atoms with Gasteiger partial charge in [-0.1, -0.05) is 43.2 Å². The number of carbonyl (C=O) groups is 1. The van der Waals surface area contributed by atoms with E-state index in [1.807, 2.05) is 27.0 Å². The Labute approximate surface area is 234 Å². The molecule has 0 radical (unpaired) electrons. The first-order valence-corrected chi connectivity index (χ1v) is 19.9. The summed E-state index contributed by atoms with van der Waals surface area (Å²) in [7, 11) is -2.77. The molecule has 0 fully saturated rings. The number of benzene rings is 1. The zero-order valence-electron chi connectivity index (χ0n) is 24.6. The maximum absolute atomic E-state index is 12.9. The fourth-order valence-electron chi connectivity index (χ4n) is 4.28. The van der Waals surface area contributed by atoms with Crippen LogP contribution in [0.3, 0.4) is 0 Å². The van der Waals surface area contributed by atoms with Crippen molar-refractivity contribution in [3.8, 4) is 11.5 Å². The van der Waals surface area contributed by atoms with Crippen LogP contribution in [0.2, 0.25) is 25.7 Å². The van der Waals surface area contributed by atoms with Crippen molar-refractivity contribution in [1.29, 1.82) is 0 Å².